The zero-order valence-electron chi connectivity index (χ0n) is 13.5. The number of aliphatic imine (C=N–C) groups is 1. The standard InChI is InChI=1S/C15H29N3OS/c1-6-11(2)17-13(19)7-9-16-14-18-12(8-10-20-14)15(3,4)5/h11-12H,6-10H2,1-5H3,(H,16,18)(H,17,19). The SMILES string of the molecule is CCC(C)NC(=O)CCN=C1NC(C(C)(C)C)CCS1. The van der Waals surface area contributed by atoms with Crippen molar-refractivity contribution in [2.75, 3.05) is 12.3 Å². The summed E-state index contributed by atoms with van der Waals surface area (Å²) in [6, 6.07) is 0.721. The Hall–Kier alpha value is -0.710. The Morgan fingerprint density at radius 3 is 2.85 bits per heavy atom. The Morgan fingerprint density at radius 1 is 1.55 bits per heavy atom. The van der Waals surface area contributed by atoms with Gasteiger partial charge in [-0.15, -0.1) is 0 Å². The Morgan fingerprint density at radius 2 is 2.25 bits per heavy atom. The van der Waals surface area contributed by atoms with E-state index in [0.29, 0.717) is 19.0 Å². The number of thioether (sulfide) groups is 1. The fourth-order valence-electron chi connectivity index (χ4n) is 1.99. The molecule has 0 aromatic rings. The molecule has 2 atom stereocenters. The van der Waals surface area contributed by atoms with E-state index in [0.717, 1.165) is 17.3 Å². The van der Waals surface area contributed by atoms with E-state index in [4.69, 9.17) is 0 Å². The first-order valence-electron chi connectivity index (χ1n) is 7.56. The summed E-state index contributed by atoms with van der Waals surface area (Å²) in [6.45, 7) is 11.4. The lowest BCUT2D eigenvalue weighted by atomic mass is 9.85. The molecule has 0 bridgehead atoms. The van der Waals surface area contributed by atoms with Crippen molar-refractivity contribution in [2.45, 2.75) is 66.0 Å². The molecule has 2 unspecified atom stereocenters. The summed E-state index contributed by atoms with van der Waals surface area (Å²) in [7, 11) is 0. The number of rotatable bonds is 5. The lowest BCUT2D eigenvalue weighted by molar-refractivity contribution is -0.121. The van der Waals surface area contributed by atoms with Crippen LogP contribution in [0.3, 0.4) is 0 Å². The van der Waals surface area contributed by atoms with Crippen molar-refractivity contribution in [1.82, 2.24) is 10.6 Å². The van der Waals surface area contributed by atoms with Crippen molar-refractivity contribution in [3.8, 4) is 0 Å². The Kier molecular flexibility index (Phi) is 6.86. The van der Waals surface area contributed by atoms with Gasteiger partial charge in [0, 0.05) is 24.3 Å². The fourth-order valence-corrected chi connectivity index (χ4v) is 2.94. The van der Waals surface area contributed by atoms with Crippen LogP contribution in [0, 0.1) is 5.41 Å². The van der Waals surface area contributed by atoms with Crippen molar-refractivity contribution in [1.29, 1.82) is 0 Å². The minimum absolute atomic E-state index is 0.0943. The molecule has 2 N–H and O–H groups in total. The molecule has 0 spiro atoms. The highest BCUT2D eigenvalue weighted by molar-refractivity contribution is 8.13. The van der Waals surface area contributed by atoms with Crippen molar-refractivity contribution >= 4 is 22.8 Å². The molecule has 1 heterocycles. The van der Waals surface area contributed by atoms with Crippen LogP contribution in [0.25, 0.3) is 0 Å². The highest BCUT2D eigenvalue weighted by Gasteiger charge is 2.28. The summed E-state index contributed by atoms with van der Waals surface area (Å²) in [4.78, 5) is 16.2. The number of carbonyl (C=O) groups is 1. The number of carbonyl (C=O) groups excluding carboxylic acids is 1. The van der Waals surface area contributed by atoms with E-state index in [-0.39, 0.29) is 17.4 Å². The van der Waals surface area contributed by atoms with Crippen LogP contribution in [0.1, 0.15) is 53.9 Å². The zero-order chi connectivity index (χ0) is 15.2. The van der Waals surface area contributed by atoms with Gasteiger partial charge in [0.15, 0.2) is 5.17 Å². The van der Waals surface area contributed by atoms with E-state index >= 15 is 0 Å². The van der Waals surface area contributed by atoms with Gasteiger partial charge in [0.05, 0.1) is 6.54 Å². The molecule has 20 heavy (non-hydrogen) atoms. The number of amidine groups is 1. The van der Waals surface area contributed by atoms with Gasteiger partial charge in [-0.2, -0.15) is 0 Å². The monoisotopic (exact) mass is 299 g/mol. The molecule has 1 aliphatic heterocycles. The van der Waals surface area contributed by atoms with Gasteiger partial charge in [0.2, 0.25) is 5.91 Å². The minimum Gasteiger partial charge on any atom is -0.362 e. The molecule has 0 aliphatic carbocycles. The van der Waals surface area contributed by atoms with E-state index in [1.165, 1.54) is 6.42 Å². The molecule has 5 heteroatoms. The Balaban J connectivity index is 2.37. The Labute approximate surface area is 127 Å². The van der Waals surface area contributed by atoms with Crippen LogP contribution in [-0.2, 0) is 4.79 Å². The third-order valence-corrected chi connectivity index (χ3v) is 4.56. The molecule has 4 nitrogen and oxygen atoms in total. The molecule has 0 aromatic carbocycles. The highest BCUT2D eigenvalue weighted by Crippen LogP contribution is 2.27. The van der Waals surface area contributed by atoms with Crippen LogP contribution >= 0.6 is 11.8 Å². The zero-order valence-corrected chi connectivity index (χ0v) is 14.3. The van der Waals surface area contributed by atoms with Gasteiger partial charge in [-0.1, -0.05) is 39.5 Å². The van der Waals surface area contributed by atoms with E-state index in [2.05, 4.69) is 43.3 Å². The van der Waals surface area contributed by atoms with Gasteiger partial charge >= 0.3 is 0 Å². The number of nitrogens with one attached hydrogen (secondary N) is 2. The van der Waals surface area contributed by atoms with Crippen LogP contribution in [-0.4, -0.2) is 35.5 Å². The number of hydrogen-bond donors (Lipinski definition) is 2. The van der Waals surface area contributed by atoms with Crippen LogP contribution in [0.4, 0.5) is 0 Å². The number of amides is 1. The van der Waals surface area contributed by atoms with E-state index in [1.807, 2.05) is 6.92 Å². The molecule has 0 aromatic heterocycles. The molecular formula is C15H29N3OS. The van der Waals surface area contributed by atoms with Crippen LogP contribution in [0.15, 0.2) is 4.99 Å². The molecule has 1 amide bonds. The number of nitrogens with zero attached hydrogens (tertiary/aromatic N) is 1. The first-order valence-corrected chi connectivity index (χ1v) is 8.54. The predicted molar refractivity (Wildman–Crippen MR) is 88.3 cm³/mol. The molecule has 1 aliphatic rings. The van der Waals surface area contributed by atoms with Gasteiger partial charge in [-0.25, -0.2) is 0 Å². The largest absolute Gasteiger partial charge is 0.362 e. The lowest BCUT2D eigenvalue weighted by Crippen LogP contribution is -2.46. The van der Waals surface area contributed by atoms with Gasteiger partial charge < -0.3 is 10.6 Å². The summed E-state index contributed by atoms with van der Waals surface area (Å²) in [6.07, 6.45) is 2.60. The molecule has 1 fully saturated rings. The summed E-state index contributed by atoms with van der Waals surface area (Å²) >= 11 is 1.76. The van der Waals surface area contributed by atoms with E-state index in [9.17, 15) is 4.79 Å². The second-order valence-corrected chi connectivity index (χ2v) is 7.60. The first kappa shape index (κ1) is 17.3. The predicted octanol–water partition coefficient (Wildman–Crippen LogP) is 2.79. The minimum atomic E-state index is 0.0943. The van der Waals surface area contributed by atoms with Crippen LogP contribution in [0.5, 0.6) is 0 Å². The Bertz CT molecular complexity index is 350. The quantitative estimate of drug-likeness (QED) is 0.821. The summed E-state index contributed by atoms with van der Waals surface area (Å²) in [5, 5.41) is 7.46. The average Bonchev–Trinajstić information content (AvgIpc) is 2.38. The maximum Gasteiger partial charge on any atom is 0.222 e. The second kappa shape index (κ2) is 7.91. The highest BCUT2D eigenvalue weighted by atomic mass is 32.2. The maximum absolute atomic E-state index is 11.7. The topological polar surface area (TPSA) is 53.5 Å². The smallest absolute Gasteiger partial charge is 0.222 e. The van der Waals surface area contributed by atoms with Crippen molar-refractivity contribution in [3.05, 3.63) is 0 Å². The van der Waals surface area contributed by atoms with Crippen LogP contribution < -0.4 is 10.6 Å². The lowest BCUT2D eigenvalue weighted by Gasteiger charge is -2.35. The molecule has 0 radical (unpaired) electrons. The van der Waals surface area contributed by atoms with Crippen molar-refractivity contribution in [3.63, 3.8) is 0 Å². The second-order valence-electron chi connectivity index (χ2n) is 6.51. The third kappa shape index (κ3) is 6.16. The first-order chi connectivity index (χ1) is 9.32. The normalized spacial score (nSPS) is 23.2. The van der Waals surface area contributed by atoms with Gasteiger partial charge in [0.25, 0.3) is 0 Å². The number of hydrogen-bond acceptors (Lipinski definition) is 3. The van der Waals surface area contributed by atoms with Crippen molar-refractivity contribution < 1.29 is 4.79 Å². The molecular weight excluding hydrogens is 270 g/mol. The summed E-state index contributed by atoms with van der Waals surface area (Å²) < 4.78 is 0. The molecule has 0 saturated carbocycles. The van der Waals surface area contributed by atoms with Crippen LogP contribution in [0.2, 0.25) is 0 Å². The average molecular weight is 299 g/mol. The molecule has 116 valence electrons. The third-order valence-electron chi connectivity index (χ3n) is 3.60. The maximum atomic E-state index is 11.7. The van der Waals surface area contributed by atoms with E-state index in [1.54, 1.807) is 11.8 Å². The molecule has 1 rings (SSSR count). The fraction of sp³-hybridized carbons (Fsp3) is 0.867. The summed E-state index contributed by atoms with van der Waals surface area (Å²) in [5.74, 6) is 1.20. The van der Waals surface area contributed by atoms with E-state index < -0.39 is 0 Å². The molecule has 1 saturated heterocycles. The van der Waals surface area contributed by atoms with Gasteiger partial charge in [-0.05, 0) is 25.2 Å². The van der Waals surface area contributed by atoms with Gasteiger partial charge in [-0.3, -0.25) is 9.79 Å². The summed E-state index contributed by atoms with van der Waals surface area (Å²) in [5.41, 5.74) is 0.246. The van der Waals surface area contributed by atoms with Gasteiger partial charge in [0.1, 0.15) is 0 Å². The van der Waals surface area contributed by atoms with Crippen molar-refractivity contribution in [2.24, 2.45) is 10.4 Å².